The number of hydrogen-bond donors (Lipinski definition) is 0. The van der Waals surface area contributed by atoms with Crippen LogP contribution in [0.15, 0.2) is 78.9 Å². The molecule has 3 aromatic carbocycles. The molecular formula is C35H30Cl2N4O3. The van der Waals surface area contributed by atoms with Gasteiger partial charge in [0.2, 0.25) is 11.7 Å². The topological polar surface area (TPSA) is 88.2 Å². The van der Waals surface area contributed by atoms with Crippen molar-refractivity contribution in [2.45, 2.75) is 39.8 Å². The second kappa shape index (κ2) is 13.3. The van der Waals surface area contributed by atoms with Crippen LogP contribution in [-0.2, 0) is 24.4 Å². The average molecular weight is 626 g/mol. The zero-order chi connectivity index (χ0) is 31.4. The van der Waals surface area contributed by atoms with E-state index in [9.17, 15) is 9.59 Å². The van der Waals surface area contributed by atoms with Gasteiger partial charge < -0.3 is 14.2 Å². The molecule has 5 aromatic rings. The van der Waals surface area contributed by atoms with Crippen LogP contribution in [0, 0.1) is 18.3 Å². The van der Waals surface area contributed by atoms with E-state index in [1.807, 2.05) is 48.7 Å². The number of halogens is 2. The number of hydrogen-bond acceptors (Lipinski definition) is 5. The third kappa shape index (κ3) is 6.33. The number of pyridine rings is 1. The highest BCUT2D eigenvalue weighted by Crippen LogP contribution is 2.35. The van der Waals surface area contributed by atoms with E-state index in [2.05, 4.69) is 11.1 Å². The number of ether oxygens (including phenoxy) is 1. The number of nitrogens with zero attached hydrogens (tertiary/aromatic N) is 4. The molecule has 0 N–H and O–H groups in total. The van der Waals surface area contributed by atoms with Crippen LogP contribution < -0.4 is 9.64 Å². The number of aryl methyl sites for hydroxylation is 1. The number of carbonyl (C=O) groups excluding carboxylic acids is 2. The maximum Gasteiger partial charge on any atom is 0.232 e. The number of carbonyl (C=O) groups is 2. The van der Waals surface area contributed by atoms with Crippen LogP contribution in [0.4, 0.5) is 5.69 Å². The molecule has 0 spiro atoms. The maximum absolute atomic E-state index is 13.6. The lowest BCUT2D eigenvalue weighted by molar-refractivity contribution is -0.117. The minimum absolute atomic E-state index is 0.0585. The van der Waals surface area contributed by atoms with Crippen LogP contribution in [-0.4, -0.2) is 28.3 Å². The molecule has 2 aromatic heterocycles. The van der Waals surface area contributed by atoms with Gasteiger partial charge in [0.25, 0.3) is 0 Å². The highest BCUT2D eigenvalue weighted by Gasteiger charge is 2.22. The number of nitriles is 1. The van der Waals surface area contributed by atoms with Crippen molar-refractivity contribution >= 4 is 51.5 Å². The van der Waals surface area contributed by atoms with Crippen molar-refractivity contribution in [3.8, 4) is 11.8 Å². The molecule has 0 saturated heterocycles. The van der Waals surface area contributed by atoms with Crippen molar-refractivity contribution in [1.29, 1.82) is 5.26 Å². The van der Waals surface area contributed by atoms with E-state index >= 15 is 0 Å². The fourth-order valence-electron chi connectivity index (χ4n) is 5.06. The smallest absolute Gasteiger partial charge is 0.232 e. The summed E-state index contributed by atoms with van der Waals surface area (Å²) in [5.74, 6) is 0.232. The lowest BCUT2D eigenvalue weighted by atomic mass is 10.1. The molecule has 0 unspecified atom stereocenters. The maximum atomic E-state index is 13.6. The van der Waals surface area contributed by atoms with Gasteiger partial charge in [-0.15, -0.1) is 0 Å². The molecule has 0 aliphatic heterocycles. The number of fused-ring (bicyclic) bond motifs is 1. The van der Waals surface area contributed by atoms with Gasteiger partial charge in [0.15, 0.2) is 0 Å². The van der Waals surface area contributed by atoms with Gasteiger partial charge in [-0.05, 0) is 74.0 Å². The minimum Gasteiger partial charge on any atom is -0.487 e. The van der Waals surface area contributed by atoms with Gasteiger partial charge in [0, 0.05) is 46.5 Å². The first-order chi connectivity index (χ1) is 21.2. The summed E-state index contributed by atoms with van der Waals surface area (Å²) in [7, 11) is 1.66. The number of ketones is 1. The summed E-state index contributed by atoms with van der Waals surface area (Å²) >= 11 is 13.4. The fourth-order valence-corrected chi connectivity index (χ4v) is 5.67. The monoisotopic (exact) mass is 624 g/mol. The van der Waals surface area contributed by atoms with E-state index in [0.717, 1.165) is 23.0 Å². The molecule has 5 rings (SSSR count). The SMILES string of the molecule is CCCn1c(CC(=O)N(C)c2ccc(Cl)c(COc3cccc4ccc(C)nc34)c2Cl)ccc1C(=O)c1ccc(C#N)cc1. The predicted octanol–water partition coefficient (Wildman–Crippen LogP) is 7.95. The summed E-state index contributed by atoms with van der Waals surface area (Å²) in [4.78, 5) is 33.0. The predicted molar refractivity (Wildman–Crippen MR) is 174 cm³/mol. The Labute approximate surface area is 266 Å². The summed E-state index contributed by atoms with van der Waals surface area (Å²) in [6, 6.07) is 25.2. The van der Waals surface area contributed by atoms with E-state index in [4.69, 9.17) is 33.2 Å². The van der Waals surface area contributed by atoms with Crippen LogP contribution in [0.3, 0.4) is 0 Å². The van der Waals surface area contributed by atoms with Crippen molar-refractivity contribution in [1.82, 2.24) is 9.55 Å². The Morgan fingerprint density at radius 3 is 2.50 bits per heavy atom. The van der Waals surface area contributed by atoms with Crippen LogP contribution in [0.5, 0.6) is 5.75 Å². The number of para-hydroxylation sites is 1. The number of likely N-dealkylation sites (N-methyl/N-ethyl adjacent to an activating group) is 1. The van der Waals surface area contributed by atoms with Crippen molar-refractivity contribution in [2.75, 3.05) is 11.9 Å². The van der Waals surface area contributed by atoms with Crippen LogP contribution in [0.1, 0.15) is 51.9 Å². The largest absolute Gasteiger partial charge is 0.487 e. The molecule has 44 heavy (non-hydrogen) atoms. The summed E-state index contributed by atoms with van der Waals surface area (Å²) in [6.07, 6.45) is 0.834. The van der Waals surface area contributed by atoms with E-state index in [-0.39, 0.29) is 24.7 Å². The van der Waals surface area contributed by atoms with Crippen molar-refractivity contribution in [2.24, 2.45) is 0 Å². The summed E-state index contributed by atoms with van der Waals surface area (Å²) in [5.41, 5.74) is 4.84. The molecular weight excluding hydrogens is 595 g/mol. The Hall–Kier alpha value is -4.64. The van der Waals surface area contributed by atoms with Gasteiger partial charge in [-0.2, -0.15) is 5.26 Å². The minimum atomic E-state index is -0.206. The third-order valence-corrected chi connectivity index (χ3v) is 8.23. The molecule has 0 saturated carbocycles. The number of aromatic nitrogens is 2. The van der Waals surface area contributed by atoms with Gasteiger partial charge in [-0.1, -0.05) is 48.3 Å². The molecule has 9 heteroatoms. The molecule has 0 bridgehead atoms. The van der Waals surface area contributed by atoms with Crippen molar-refractivity contribution < 1.29 is 14.3 Å². The summed E-state index contributed by atoms with van der Waals surface area (Å²) < 4.78 is 8.03. The highest BCUT2D eigenvalue weighted by atomic mass is 35.5. The average Bonchev–Trinajstić information content (AvgIpc) is 3.42. The van der Waals surface area contributed by atoms with Gasteiger partial charge in [0.1, 0.15) is 17.9 Å². The van der Waals surface area contributed by atoms with E-state index in [1.54, 1.807) is 55.6 Å². The normalized spacial score (nSPS) is 10.9. The van der Waals surface area contributed by atoms with Gasteiger partial charge in [-0.3, -0.25) is 9.59 Å². The first-order valence-corrected chi connectivity index (χ1v) is 14.9. The zero-order valence-corrected chi connectivity index (χ0v) is 26.1. The molecule has 0 radical (unpaired) electrons. The van der Waals surface area contributed by atoms with Gasteiger partial charge >= 0.3 is 0 Å². The van der Waals surface area contributed by atoms with Crippen LogP contribution in [0.25, 0.3) is 10.9 Å². The standard InChI is InChI=1S/C35H30Cl2N4O3/c1-4-18-41-26(14-16-30(41)35(43)25-12-9-23(20-38)10-13-25)19-32(42)40(3)29-17-15-28(36)27(33(29)37)21-44-31-7-5-6-24-11-8-22(2)39-34(24)31/h5-17H,4,18-19,21H2,1-3H3. The lowest BCUT2D eigenvalue weighted by Crippen LogP contribution is -2.29. The highest BCUT2D eigenvalue weighted by molar-refractivity contribution is 6.38. The molecule has 2 heterocycles. The Morgan fingerprint density at radius 1 is 1.00 bits per heavy atom. The number of benzene rings is 3. The Balaban J connectivity index is 1.36. The number of anilines is 1. The van der Waals surface area contributed by atoms with Crippen molar-refractivity contribution in [3.05, 3.63) is 123 Å². The van der Waals surface area contributed by atoms with E-state index in [0.29, 0.717) is 56.1 Å². The molecule has 0 aliphatic carbocycles. The fraction of sp³-hybridized carbons (Fsp3) is 0.200. The number of amides is 1. The molecule has 222 valence electrons. The molecule has 0 aliphatic rings. The summed E-state index contributed by atoms with van der Waals surface area (Å²) in [6.45, 7) is 4.60. The van der Waals surface area contributed by atoms with Crippen LogP contribution >= 0.6 is 23.2 Å². The Morgan fingerprint density at radius 2 is 1.77 bits per heavy atom. The Bertz CT molecular complexity index is 1910. The molecule has 1 amide bonds. The van der Waals surface area contributed by atoms with Gasteiger partial charge in [0.05, 0.1) is 34.5 Å². The molecule has 7 nitrogen and oxygen atoms in total. The van der Waals surface area contributed by atoms with Crippen LogP contribution in [0.2, 0.25) is 10.0 Å². The number of rotatable bonds is 10. The first-order valence-electron chi connectivity index (χ1n) is 14.2. The zero-order valence-electron chi connectivity index (χ0n) is 24.6. The molecule has 0 fully saturated rings. The Kier molecular flexibility index (Phi) is 9.34. The van der Waals surface area contributed by atoms with E-state index < -0.39 is 0 Å². The first kappa shape index (κ1) is 30.8. The third-order valence-electron chi connectivity index (χ3n) is 7.46. The molecule has 0 atom stereocenters. The van der Waals surface area contributed by atoms with E-state index in [1.165, 1.54) is 4.90 Å². The lowest BCUT2D eigenvalue weighted by Gasteiger charge is -2.22. The quantitative estimate of drug-likeness (QED) is 0.147. The van der Waals surface area contributed by atoms with Crippen molar-refractivity contribution in [3.63, 3.8) is 0 Å². The van der Waals surface area contributed by atoms with Gasteiger partial charge in [-0.25, -0.2) is 4.98 Å². The second-order valence-electron chi connectivity index (χ2n) is 10.4. The summed E-state index contributed by atoms with van der Waals surface area (Å²) in [5, 5.41) is 10.8. The second-order valence-corrected chi connectivity index (χ2v) is 11.2.